The number of benzene rings is 2. The second-order valence-corrected chi connectivity index (χ2v) is 6.17. The van der Waals surface area contributed by atoms with E-state index in [1.165, 1.54) is 5.56 Å². The summed E-state index contributed by atoms with van der Waals surface area (Å²) >= 11 is 1.66. The zero-order valence-corrected chi connectivity index (χ0v) is 13.8. The summed E-state index contributed by atoms with van der Waals surface area (Å²) in [6, 6.07) is 19.9. The van der Waals surface area contributed by atoms with Gasteiger partial charge in [0.1, 0.15) is 10.8 Å². The van der Waals surface area contributed by atoms with Crippen LogP contribution in [0, 0.1) is 11.3 Å². The van der Waals surface area contributed by atoms with E-state index in [1.807, 2.05) is 42.5 Å². The van der Waals surface area contributed by atoms with Crippen molar-refractivity contribution >= 4 is 17.6 Å². The van der Waals surface area contributed by atoms with Crippen LogP contribution in [-0.2, 0) is 12.3 Å². The summed E-state index contributed by atoms with van der Waals surface area (Å²) in [5.41, 5.74) is 3.02. The van der Waals surface area contributed by atoms with Gasteiger partial charge in [-0.15, -0.1) is 11.8 Å². The molecule has 0 saturated carbocycles. The molecular weight excluding hydrogens is 316 g/mol. The molecule has 0 aliphatic heterocycles. The van der Waals surface area contributed by atoms with Crippen LogP contribution in [0.15, 0.2) is 72.0 Å². The molecule has 0 spiro atoms. The van der Waals surface area contributed by atoms with E-state index in [0.717, 1.165) is 22.2 Å². The molecule has 3 rings (SSSR count). The molecule has 0 aliphatic carbocycles. The van der Waals surface area contributed by atoms with Gasteiger partial charge >= 0.3 is 0 Å². The molecule has 0 unspecified atom stereocenters. The van der Waals surface area contributed by atoms with E-state index in [1.54, 1.807) is 24.2 Å². The van der Waals surface area contributed by atoms with Crippen LogP contribution in [0.1, 0.15) is 16.7 Å². The first-order valence-electron chi connectivity index (χ1n) is 7.55. The number of hydrogen-bond acceptors (Lipinski definition) is 5. The maximum atomic E-state index is 8.81. The van der Waals surface area contributed by atoms with Crippen LogP contribution < -0.4 is 5.32 Å². The minimum Gasteiger partial charge on any atom is -0.365 e. The normalized spacial score (nSPS) is 10.1. The second-order valence-electron chi connectivity index (χ2n) is 5.18. The smallest absolute Gasteiger partial charge is 0.146 e. The molecule has 2 aromatic carbocycles. The number of rotatable bonds is 6. The van der Waals surface area contributed by atoms with Gasteiger partial charge in [0.25, 0.3) is 0 Å². The van der Waals surface area contributed by atoms with Crippen molar-refractivity contribution in [1.29, 1.82) is 5.26 Å². The first-order valence-corrected chi connectivity index (χ1v) is 8.54. The Bertz CT molecular complexity index is 826. The first kappa shape index (κ1) is 16.0. The molecule has 0 bridgehead atoms. The third-order valence-corrected chi connectivity index (χ3v) is 4.37. The van der Waals surface area contributed by atoms with Crippen molar-refractivity contribution in [2.75, 3.05) is 5.32 Å². The maximum absolute atomic E-state index is 8.81. The monoisotopic (exact) mass is 332 g/mol. The predicted octanol–water partition coefficient (Wildman–Crippen LogP) is 4.25. The van der Waals surface area contributed by atoms with Gasteiger partial charge in [0.2, 0.25) is 0 Å². The Kier molecular flexibility index (Phi) is 5.44. The molecule has 4 nitrogen and oxygen atoms in total. The van der Waals surface area contributed by atoms with E-state index in [2.05, 4.69) is 33.5 Å². The van der Waals surface area contributed by atoms with Gasteiger partial charge in [-0.25, -0.2) is 4.98 Å². The number of anilines is 1. The van der Waals surface area contributed by atoms with Crippen molar-refractivity contribution < 1.29 is 0 Å². The summed E-state index contributed by atoms with van der Waals surface area (Å²) in [6.07, 6.45) is 3.50. The molecule has 0 radical (unpaired) electrons. The summed E-state index contributed by atoms with van der Waals surface area (Å²) in [7, 11) is 0. The fourth-order valence-corrected chi connectivity index (χ4v) is 2.93. The molecule has 3 aromatic rings. The lowest BCUT2D eigenvalue weighted by atomic mass is 10.1. The van der Waals surface area contributed by atoms with E-state index in [0.29, 0.717) is 12.1 Å². The molecule has 0 atom stereocenters. The summed E-state index contributed by atoms with van der Waals surface area (Å²) < 4.78 is 0. The van der Waals surface area contributed by atoms with Crippen molar-refractivity contribution in [1.82, 2.24) is 9.97 Å². The third-order valence-electron chi connectivity index (χ3n) is 3.40. The fraction of sp³-hybridized carbons (Fsp3) is 0.105. The molecule has 0 fully saturated rings. The summed E-state index contributed by atoms with van der Waals surface area (Å²) in [5, 5.41) is 13.0. The van der Waals surface area contributed by atoms with Gasteiger partial charge in [0, 0.05) is 12.3 Å². The van der Waals surface area contributed by atoms with Gasteiger partial charge in [-0.2, -0.15) is 5.26 Å². The number of hydrogen-bond donors (Lipinski definition) is 1. The van der Waals surface area contributed by atoms with E-state index >= 15 is 0 Å². The van der Waals surface area contributed by atoms with Crippen molar-refractivity contribution in [3.8, 4) is 6.07 Å². The number of nitrogens with zero attached hydrogens (tertiary/aromatic N) is 3. The van der Waals surface area contributed by atoms with Crippen molar-refractivity contribution in [2.45, 2.75) is 17.3 Å². The summed E-state index contributed by atoms with van der Waals surface area (Å²) in [5.74, 6) is 1.62. The Hall–Kier alpha value is -2.84. The Morgan fingerprint density at radius 3 is 2.50 bits per heavy atom. The average molecular weight is 332 g/mol. The Labute approximate surface area is 145 Å². The SMILES string of the molecule is N#Cc1ccc(CNc2cncc(SCc3ccccc3)n2)cc1. The zero-order chi connectivity index (χ0) is 16.6. The fourth-order valence-electron chi connectivity index (χ4n) is 2.12. The molecule has 1 N–H and O–H groups in total. The van der Waals surface area contributed by atoms with Gasteiger partial charge in [-0.1, -0.05) is 42.5 Å². The van der Waals surface area contributed by atoms with Gasteiger partial charge in [0.15, 0.2) is 0 Å². The number of nitriles is 1. The van der Waals surface area contributed by atoms with Crippen LogP contribution in [0.5, 0.6) is 0 Å². The number of aromatic nitrogens is 2. The predicted molar refractivity (Wildman–Crippen MR) is 96.5 cm³/mol. The molecule has 24 heavy (non-hydrogen) atoms. The molecule has 0 amide bonds. The van der Waals surface area contributed by atoms with Crippen LogP contribution in [0.4, 0.5) is 5.82 Å². The van der Waals surface area contributed by atoms with Gasteiger partial charge < -0.3 is 5.32 Å². The molecule has 1 heterocycles. The highest BCUT2D eigenvalue weighted by Crippen LogP contribution is 2.21. The Morgan fingerprint density at radius 1 is 0.958 bits per heavy atom. The van der Waals surface area contributed by atoms with Gasteiger partial charge in [-0.05, 0) is 23.3 Å². The van der Waals surface area contributed by atoms with Crippen LogP contribution in [0.3, 0.4) is 0 Å². The Balaban J connectivity index is 1.57. The lowest BCUT2D eigenvalue weighted by Crippen LogP contribution is -2.02. The molecule has 1 aromatic heterocycles. The van der Waals surface area contributed by atoms with E-state index in [4.69, 9.17) is 5.26 Å². The quantitative estimate of drug-likeness (QED) is 0.684. The van der Waals surface area contributed by atoms with Gasteiger partial charge in [-0.3, -0.25) is 4.98 Å². The van der Waals surface area contributed by atoms with Crippen LogP contribution in [0.2, 0.25) is 0 Å². The van der Waals surface area contributed by atoms with Crippen molar-refractivity contribution in [3.05, 3.63) is 83.7 Å². The highest BCUT2D eigenvalue weighted by atomic mass is 32.2. The van der Waals surface area contributed by atoms with E-state index < -0.39 is 0 Å². The molecule has 5 heteroatoms. The molecule has 118 valence electrons. The standard InChI is InChI=1S/C19H16N4S/c20-10-15-6-8-16(9-7-15)11-22-18-12-21-13-19(23-18)24-14-17-4-2-1-3-5-17/h1-9,12-13H,11,14H2,(H,22,23). The summed E-state index contributed by atoms with van der Waals surface area (Å²) in [6.45, 7) is 0.646. The Morgan fingerprint density at radius 2 is 1.75 bits per heavy atom. The number of thioether (sulfide) groups is 1. The maximum Gasteiger partial charge on any atom is 0.146 e. The van der Waals surface area contributed by atoms with E-state index in [-0.39, 0.29) is 0 Å². The highest BCUT2D eigenvalue weighted by Gasteiger charge is 2.01. The number of nitrogens with one attached hydrogen (secondary N) is 1. The zero-order valence-electron chi connectivity index (χ0n) is 13.0. The van der Waals surface area contributed by atoms with Crippen LogP contribution in [0.25, 0.3) is 0 Å². The van der Waals surface area contributed by atoms with Crippen molar-refractivity contribution in [3.63, 3.8) is 0 Å². The first-order chi connectivity index (χ1) is 11.8. The lowest BCUT2D eigenvalue weighted by Gasteiger charge is -2.07. The molecular formula is C19H16N4S. The highest BCUT2D eigenvalue weighted by molar-refractivity contribution is 7.98. The third kappa shape index (κ3) is 4.58. The van der Waals surface area contributed by atoms with Gasteiger partial charge in [0.05, 0.1) is 24.0 Å². The van der Waals surface area contributed by atoms with Crippen LogP contribution >= 0.6 is 11.8 Å². The van der Waals surface area contributed by atoms with Crippen molar-refractivity contribution in [2.24, 2.45) is 0 Å². The van der Waals surface area contributed by atoms with Crippen LogP contribution in [-0.4, -0.2) is 9.97 Å². The molecule has 0 saturated heterocycles. The van der Waals surface area contributed by atoms with E-state index in [9.17, 15) is 0 Å². The molecule has 0 aliphatic rings. The lowest BCUT2D eigenvalue weighted by molar-refractivity contribution is 1.02. The average Bonchev–Trinajstić information content (AvgIpc) is 2.66. The minimum atomic E-state index is 0.646. The summed E-state index contributed by atoms with van der Waals surface area (Å²) in [4.78, 5) is 8.82. The topological polar surface area (TPSA) is 61.6 Å². The second kappa shape index (κ2) is 8.14. The largest absolute Gasteiger partial charge is 0.365 e. The minimum absolute atomic E-state index is 0.646.